The molecule has 0 aliphatic rings. The molecule has 13 heavy (non-hydrogen) atoms. The maximum Gasteiger partial charge on any atom is 0.172 e. The molecule has 2 nitrogen and oxygen atoms in total. The summed E-state index contributed by atoms with van der Waals surface area (Å²) in [4.78, 5) is 1.70. The lowest BCUT2D eigenvalue weighted by atomic mass is 10.3. The van der Waals surface area contributed by atoms with E-state index in [1.807, 2.05) is 0 Å². The summed E-state index contributed by atoms with van der Waals surface area (Å²) in [5.74, 6) is 0.112. The van der Waals surface area contributed by atoms with Gasteiger partial charge in [0, 0.05) is 10.7 Å². The fraction of sp³-hybridized carbons (Fsp3) is 0.500. The molecule has 0 aliphatic carbocycles. The van der Waals surface area contributed by atoms with Gasteiger partial charge in [0.2, 0.25) is 0 Å². The molecule has 1 aromatic rings. The minimum atomic E-state index is 0.0559. The van der Waals surface area contributed by atoms with Crippen LogP contribution >= 0.6 is 43.2 Å². The Hall–Kier alpha value is 0.260. The van der Waals surface area contributed by atoms with Crippen molar-refractivity contribution >= 4 is 43.2 Å². The highest BCUT2D eigenvalue weighted by Crippen LogP contribution is 2.41. The van der Waals surface area contributed by atoms with Gasteiger partial charge >= 0.3 is 0 Å². The average Bonchev–Trinajstić information content (AvgIpc) is 2.36. The van der Waals surface area contributed by atoms with E-state index in [4.69, 9.17) is 0 Å². The molecule has 1 heterocycles. The summed E-state index contributed by atoms with van der Waals surface area (Å²) in [5, 5.41) is 20.6. The van der Waals surface area contributed by atoms with Gasteiger partial charge in [-0.25, -0.2) is 0 Å². The Morgan fingerprint density at radius 1 is 0.923 bits per heavy atom. The lowest BCUT2D eigenvalue weighted by Crippen LogP contribution is -1.79. The smallest absolute Gasteiger partial charge is 0.172 e. The molecule has 0 aliphatic heterocycles. The van der Waals surface area contributed by atoms with E-state index in [1.165, 1.54) is 11.3 Å². The van der Waals surface area contributed by atoms with Crippen molar-refractivity contribution in [3.05, 3.63) is 9.75 Å². The number of alkyl halides is 2. The van der Waals surface area contributed by atoms with E-state index in [1.54, 1.807) is 0 Å². The quantitative estimate of drug-likeness (QED) is 0.833. The highest BCUT2D eigenvalue weighted by molar-refractivity contribution is 9.09. The molecule has 0 fully saturated rings. The van der Waals surface area contributed by atoms with E-state index in [9.17, 15) is 10.2 Å². The van der Waals surface area contributed by atoms with Crippen LogP contribution in [0.2, 0.25) is 0 Å². The molecule has 0 unspecified atom stereocenters. The fourth-order valence-corrected chi connectivity index (χ4v) is 3.43. The van der Waals surface area contributed by atoms with E-state index in [0.29, 0.717) is 0 Å². The molecule has 0 radical (unpaired) electrons. The lowest BCUT2D eigenvalue weighted by molar-refractivity contribution is 0.401. The Kier molecular flexibility index (Phi) is 4.55. The van der Waals surface area contributed by atoms with Gasteiger partial charge in [0.15, 0.2) is 11.5 Å². The Morgan fingerprint density at radius 2 is 1.31 bits per heavy atom. The van der Waals surface area contributed by atoms with Crippen molar-refractivity contribution in [3.8, 4) is 11.5 Å². The van der Waals surface area contributed by atoms with E-state index < -0.39 is 0 Å². The van der Waals surface area contributed by atoms with Crippen molar-refractivity contribution < 1.29 is 10.2 Å². The number of aryl methyl sites for hydroxylation is 2. The molecule has 0 saturated carbocycles. The van der Waals surface area contributed by atoms with Gasteiger partial charge < -0.3 is 10.2 Å². The lowest BCUT2D eigenvalue weighted by Gasteiger charge is -1.93. The topological polar surface area (TPSA) is 40.5 Å². The molecule has 1 aromatic heterocycles. The molecular formula is C8H10Br2O2S. The zero-order chi connectivity index (χ0) is 9.84. The SMILES string of the molecule is Oc1c(CCBr)sc(CCBr)c1O. The molecule has 5 heteroatoms. The minimum Gasteiger partial charge on any atom is -0.503 e. The van der Waals surface area contributed by atoms with Crippen LogP contribution in [0.25, 0.3) is 0 Å². The first-order chi connectivity index (χ1) is 6.20. The first-order valence-electron chi connectivity index (χ1n) is 3.85. The van der Waals surface area contributed by atoms with Gasteiger partial charge in [0.1, 0.15) is 0 Å². The van der Waals surface area contributed by atoms with E-state index in [2.05, 4.69) is 31.9 Å². The van der Waals surface area contributed by atoms with Crippen molar-refractivity contribution in [3.63, 3.8) is 0 Å². The first kappa shape index (κ1) is 11.3. The summed E-state index contributed by atoms with van der Waals surface area (Å²) in [6, 6.07) is 0. The zero-order valence-electron chi connectivity index (χ0n) is 6.89. The summed E-state index contributed by atoms with van der Waals surface area (Å²) < 4.78 is 0. The molecule has 2 N–H and O–H groups in total. The molecule has 1 rings (SSSR count). The van der Waals surface area contributed by atoms with Gasteiger partial charge in [-0.1, -0.05) is 31.9 Å². The molecule has 0 amide bonds. The summed E-state index contributed by atoms with van der Waals surface area (Å²) >= 11 is 8.07. The van der Waals surface area contributed by atoms with Crippen LogP contribution in [0.5, 0.6) is 11.5 Å². The van der Waals surface area contributed by atoms with Gasteiger partial charge in [-0.15, -0.1) is 11.3 Å². The van der Waals surface area contributed by atoms with Gasteiger partial charge in [-0.2, -0.15) is 0 Å². The van der Waals surface area contributed by atoms with Crippen LogP contribution in [0.1, 0.15) is 9.75 Å². The van der Waals surface area contributed by atoms with Crippen LogP contribution in [0.3, 0.4) is 0 Å². The number of aromatic hydroxyl groups is 2. The monoisotopic (exact) mass is 328 g/mol. The largest absolute Gasteiger partial charge is 0.503 e. The normalized spacial score (nSPS) is 10.6. The Morgan fingerprint density at radius 3 is 1.62 bits per heavy atom. The second kappa shape index (κ2) is 5.22. The molecule has 0 bridgehead atoms. The summed E-state index contributed by atoms with van der Waals surface area (Å²) in [7, 11) is 0. The number of hydrogen-bond acceptors (Lipinski definition) is 3. The van der Waals surface area contributed by atoms with Crippen LogP contribution < -0.4 is 0 Å². The number of hydrogen-bond donors (Lipinski definition) is 2. The summed E-state index contributed by atoms with van der Waals surface area (Å²) in [5.41, 5.74) is 0. The average molecular weight is 330 g/mol. The Labute approximate surface area is 97.9 Å². The van der Waals surface area contributed by atoms with Crippen LogP contribution in [-0.2, 0) is 12.8 Å². The third kappa shape index (κ3) is 2.60. The molecule has 74 valence electrons. The van der Waals surface area contributed by atoms with Crippen molar-refractivity contribution in [1.29, 1.82) is 0 Å². The van der Waals surface area contributed by atoms with Crippen LogP contribution in [0.4, 0.5) is 0 Å². The first-order valence-corrected chi connectivity index (χ1v) is 6.91. The standard InChI is InChI=1S/C8H10Br2O2S/c9-3-1-5-7(11)8(12)6(13-5)2-4-10/h11-12H,1-4H2. The van der Waals surface area contributed by atoms with E-state index >= 15 is 0 Å². The van der Waals surface area contributed by atoms with E-state index in [-0.39, 0.29) is 11.5 Å². The highest BCUT2D eigenvalue weighted by atomic mass is 79.9. The second-order valence-electron chi connectivity index (χ2n) is 2.52. The van der Waals surface area contributed by atoms with Gasteiger partial charge in [0.05, 0.1) is 9.75 Å². The van der Waals surface area contributed by atoms with Gasteiger partial charge in [0.25, 0.3) is 0 Å². The Bertz CT molecular complexity index is 259. The van der Waals surface area contributed by atoms with Crippen LogP contribution in [0.15, 0.2) is 0 Å². The predicted molar refractivity (Wildman–Crippen MR) is 62.6 cm³/mol. The van der Waals surface area contributed by atoms with Crippen molar-refractivity contribution in [2.75, 3.05) is 10.7 Å². The van der Waals surface area contributed by atoms with Crippen LogP contribution in [0, 0.1) is 0 Å². The maximum atomic E-state index is 9.50. The second-order valence-corrected chi connectivity index (χ2v) is 5.30. The third-order valence-corrected chi connectivity index (χ3v) is 3.72. The van der Waals surface area contributed by atoms with Crippen molar-refractivity contribution in [2.45, 2.75) is 12.8 Å². The summed E-state index contributed by atoms with van der Waals surface area (Å²) in [6.07, 6.45) is 1.51. The predicted octanol–water partition coefficient (Wildman–Crippen LogP) is 3.03. The van der Waals surface area contributed by atoms with Crippen molar-refractivity contribution in [2.24, 2.45) is 0 Å². The highest BCUT2D eigenvalue weighted by Gasteiger charge is 2.15. The molecule has 0 spiro atoms. The third-order valence-electron chi connectivity index (χ3n) is 1.64. The maximum absolute atomic E-state index is 9.50. The van der Waals surface area contributed by atoms with Gasteiger partial charge in [-0.3, -0.25) is 0 Å². The molecule has 0 aromatic carbocycles. The number of rotatable bonds is 4. The minimum absolute atomic E-state index is 0.0559. The molecule has 0 atom stereocenters. The number of halogens is 2. The Balaban J connectivity index is 2.90. The van der Waals surface area contributed by atoms with Crippen molar-refractivity contribution in [1.82, 2.24) is 0 Å². The summed E-state index contributed by atoms with van der Waals surface area (Å²) in [6.45, 7) is 0. The van der Waals surface area contributed by atoms with Gasteiger partial charge in [-0.05, 0) is 12.8 Å². The zero-order valence-corrected chi connectivity index (χ0v) is 10.9. The fourth-order valence-electron chi connectivity index (χ4n) is 1.02. The molecule has 0 saturated heterocycles. The number of thiophene rings is 1. The van der Waals surface area contributed by atoms with E-state index in [0.717, 1.165) is 33.3 Å². The van der Waals surface area contributed by atoms with Crippen LogP contribution in [-0.4, -0.2) is 20.9 Å². The molecular weight excluding hydrogens is 320 g/mol.